The van der Waals surface area contributed by atoms with Crippen molar-refractivity contribution in [2.75, 3.05) is 17.2 Å². The average Bonchev–Trinajstić information content (AvgIpc) is 2.33. The fourth-order valence-corrected chi connectivity index (χ4v) is 3.54. The zero-order chi connectivity index (χ0) is 15.1. The maximum Gasteiger partial charge on any atom is 0.242 e. The van der Waals surface area contributed by atoms with Crippen LogP contribution in [0.25, 0.3) is 0 Å². The lowest BCUT2D eigenvalue weighted by Crippen LogP contribution is -2.41. The van der Waals surface area contributed by atoms with Gasteiger partial charge in [-0.2, -0.15) is 0 Å². The van der Waals surface area contributed by atoms with Crippen LogP contribution < -0.4 is 4.90 Å². The summed E-state index contributed by atoms with van der Waals surface area (Å²) in [5.74, 6) is -1.27. The maximum absolute atomic E-state index is 12.1. The van der Waals surface area contributed by atoms with Gasteiger partial charge in [0.05, 0.1) is 10.6 Å². The number of hydrogen-bond donors (Lipinski definition) is 0. The Morgan fingerprint density at radius 1 is 1.35 bits per heavy atom. The molecule has 1 heterocycles. The third-order valence-electron chi connectivity index (χ3n) is 3.03. The normalized spacial score (nSPS) is 16.7. The molecule has 0 spiro atoms. The Hall–Kier alpha value is -1.95. The van der Waals surface area contributed by atoms with Gasteiger partial charge in [-0.05, 0) is 32.0 Å². The second-order valence-corrected chi connectivity index (χ2v) is 6.89. The van der Waals surface area contributed by atoms with Crippen molar-refractivity contribution in [1.82, 2.24) is 0 Å². The summed E-state index contributed by atoms with van der Waals surface area (Å²) in [5.41, 5.74) is 1.38. The highest BCUT2D eigenvalue weighted by atomic mass is 32.2. The minimum atomic E-state index is -3.69. The van der Waals surface area contributed by atoms with Crippen molar-refractivity contribution in [3.05, 3.63) is 35.9 Å². The largest absolute Gasteiger partial charge is 0.306 e. The van der Waals surface area contributed by atoms with Crippen LogP contribution in [0.2, 0.25) is 0 Å². The minimum Gasteiger partial charge on any atom is -0.306 e. The van der Waals surface area contributed by atoms with Gasteiger partial charge in [-0.3, -0.25) is 9.59 Å². The number of anilines is 1. The van der Waals surface area contributed by atoms with Gasteiger partial charge in [-0.15, -0.1) is 0 Å². The smallest absolute Gasteiger partial charge is 0.242 e. The van der Waals surface area contributed by atoms with Crippen LogP contribution in [0, 0.1) is 0 Å². The molecule has 0 saturated carbocycles. The van der Waals surface area contributed by atoms with E-state index in [4.69, 9.17) is 0 Å². The molecule has 1 amide bonds. The lowest BCUT2D eigenvalue weighted by Gasteiger charge is -2.29. The summed E-state index contributed by atoms with van der Waals surface area (Å²) in [6, 6.07) is 4.37. The van der Waals surface area contributed by atoms with E-state index in [2.05, 4.69) is 6.58 Å². The monoisotopic (exact) mass is 293 g/mol. The molecule has 2 rings (SSSR count). The molecule has 6 heteroatoms. The van der Waals surface area contributed by atoms with Crippen LogP contribution in [0.4, 0.5) is 5.69 Å². The molecule has 0 atom stereocenters. The number of sulfone groups is 1. The molecule has 1 aliphatic rings. The van der Waals surface area contributed by atoms with Crippen LogP contribution in [-0.2, 0) is 14.6 Å². The van der Waals surface area contributed by atoms with Gasteiger partial charge in [0.25, 0.3) is 0 Å². The highest BCUT2D eigenvalue weighted by Gasteiger charge is 2.34. The number of Topliss-reactive ketones (excluding diaryl/α,β-unsaturated/α-hetero) is 1. The third kappa shape index (κ3) is 2.51. The molecule has 5 nitrogen and oxygen atoms in total. The van der Waals surface area contributed by atoms with Crippen molar-refractivity contribution in [2.24, 2.45) is 0 Å². The molecular formula is C14H15NO4S. The van der Waals surface area contributed by atoms with Gasteiger partial charge in [0.15, 0.2) is 15.6 Å². The predicted molar refractivity (Wildman–Crippen MR) is 75.7 cm³/mol. The summed E-state index contributed by atoms with van der Waals surface area (Å²) in [6.45, 7) is 7.14. The molecule has 1 aromatic carbocycles. The Morgan fingerprint density at radius 2 is 2.00 bits per heavy atom. The lowest BCUT2D eigenvalue weighted by molar-refractivity contribution is -0.116. The Morgan fingerprint density at radius 3 is 2.55 bits per heavy atom. The van der Waals surface area contributed by atoms with E-state index in [1.807, 2.05) is 0 Å². The first-order valence-electron chi connectivity index (χ1n) is 6.05. The van der Waals surface area contributed by atoms with E-state index in [9.17, 15) is 18.0 Å². The molecule has 20 heavy (non-hydrogen) atoms. The fourth-order valence-electron chi connectivity index (χ4n) is 2.10. The van der Waals surface area contributed by atoms with E-state index in [0.717, 1.165) is 5.57 Å². The van der Waals surface area contributed by atoms with Crippen molar-refractivity contribution in [3.8, 4) is 0 Å². The summed E-state index contributed by atoms with van der Waals surface area (Å²) in [5, 5.41) is 0. The second-order valence-electron chi connectivity index (χ2n) is 4.93. The van der Waals surface area contributed by atoms with Gasteiger partial charge in [0, 0.05) is 12.1 Å². The van der Waals surface area contributed by atoms with E-state index in [1.54, 1.807) is 6.92 Å². The van der Waals surface area contributed by atoms with Crippen LogP contribution in [0.1, 0.15) is 24.2 Å². The zero-order valence-corrected chi connectivity index (χ0v) is 12.2. The number of amides is 1. The Bertz CT molecular complexity index is 719. The molecule has 0 aliphatic carbocycles. The molecule has 0 N–H and O–H groups in total. The first kappa shape index (κ1) is 14.5. The standard InChI is InChI=1S/C14H15NO4S/c1-9(2)7-15-12-5-4-11(10(3)16)6-13(12)20(18,19)8-14(15)17/h4-6H,1,7-8H2,2-3H3. The molecule has 0 unspecified atom stereocenters. The van der Waals surface area contributed by atoms with Crippen molar-refractivity contribution in [1.29, 1.82) is 0 Å². The Labute approximate surface area is 117 Å². The molecule has 0 saturated heterocycles. The average molecular weight is 293 g/mol. The van der Waals surface area contributed by atoms with Crippen LogP contribution in [0.3, 0.4) is 0 Å². The van der Waals surface area contributed by atoms with Gasteiger partial charge in [0.2, 0.25) is 5.91 Å². The maximum atomic E-state index is 12.1. The highest BCUT2D eigenvalue weighted by Crippen LogP contribution is 2.32. The van der Waals surface area contributed by atoms with Crippen molar-refractivity contribution in [3.63, 3.8) is 0 Å². The molecule has 0 bridgehead atoms. The zero-order valence-electron chi connectivity index (χ0n) is 11.3. The first-order chi connectivity index (χ1) is 9.22. The van der Waals surface area contributed by atoms with Gasteiger partial charge >= 0.3 is 0 Å². The number of carbonyl (C=O) groups is 2. The van der Waals surface area contributed by atoms with Gasteiger partial charge < -0.3 is 4.90 Å². The fraction of sp³-hybridized carbons (Fsp3) is 0.286. The molecule has 1 aromatic rings. The highest BCUT2D eigenvalue weighted by molar-refractivity contribution is 7.92. The number of nitrogens with zero attached hydrogens (tertiary/aromatic N) is 1. The van der Waals surface area contributed by atoms with Gasteiger partial charge in [-0.25, -0.2) is 8.42 Å². The van der Waals surface area contributed by atoms with Crippen molar-refractivity contribution in [2.45, 2.75) is 18.7 Å². The lowest BCUT2D eigenvalue weighted by atomic mass is 10.1. The van der Waals surface area contributed by atoms with Gasteiger partial charge in [0.1, 0.15) is 5.75 Å². The molecule has 0 aromatic heterocycles. The quantitative estimate of drug-likeness (QED) is 0.626. The Balaban J connectivity index is 2.64. The second kappa shape index (κ2) is 4.86. The van der Waals surface area contributed by atoms with Crippen molar-refractivity contribution < 1.29 is 18.0 Å². The van der Waals surface area contributed by atoms with Gasteiger partial charge in [-0.1, -0.05) is 12.2 Å². The number of rotatable bonds is 3. The SMILES string of the molecule is C=C(C)CN1C(=O)CS(=O)(=O)c2cc(C(C)=O)ccc21. The number of hydrogen-bond acceptors (Lipinski definition) is 4. The summed E-state index contributed by atoms with van der Waals surface area (Å²) in [6.07, 6.45) is 0. The molecular weight excluding hydrogens is 278 g/mol. The summed E-state index contributed by atoms with van der Waals surface area (Å²) < 4.78 is 24.2. The first-order valence-corrected chi connectivity index (χ1v) is 7.70. The van der Waals surface area contributed by atoms with E-state index in [1.165, 1.54) is 30.0 Å². The van der Waals surface area contributed by atoms with Crippen LogP contribution in [-0.4, -0.2) is 32.4 Å². The molecule has 0 fully saturated rings. The van der Waals surface area contributed by atoms with Crippen LogP contribution in [0.15, 0.2) is 35.2 Å². The topological polar surface area (TPSA) is 71.5 Å². The Kier molecular flexibility index (Phi) is 3.52. The van der Waals surface area contributed by atoms with E-state index in [0.29, 0.717) is 11.3 Å². The molecule has 1 aliphatic heterocycles. The van der Waals surface area contributed by atoms with Crippen molar-refractivity contribution >= 4 is 27.2 Å². The number of carbonyl (C=O) groups excluding carboxylic acids is 2. The molecule has 0 radical (unpaired) electrons. The molecule has 106 valence electrons. The van der Waals surface area contributed by atoms with E-state index < -0.39 is 21.5 Å². The third-order valence-corrected chi connectivity index (χ3v) is 4.66. The summed E-state index contributed by atoms with van der Waals surface area (Å²) in [4.78, 5) is 24.8. The minimum absolute atomic E-state index is 0.0334. The van der Waals surface area contributed by atoms with E-state index in [-0.39, 0.29) is 17.2 Å². The predicted octanol–water partition coefficient (Wildman–Crippen LogP) is 1.59. The number of fused-ring (bicyclic) bond motifs is 1. The van der Waals surface area contributed by atoms with Crippen LogP contribution >= 0.6 is 0 Å². The number of benzene rings is 1. The summed E-state index contributed by atoms with van der Waals surface area (Å²) >= 11 is 0. The number of ketones is 1. The summed E-state index contributed by atoms with van der Waals surface area (Å²) in [7, 11) is -3.69. The van der Waals surface area contributed by atoms with E-state index >= 15 is 0 Å². The van der Waals surface area contributed by atoms with Crippen LogP contribution in [0.5, 0.6) is 0 Å².